The minimum absolute atomic E-state index is 0.0172. The van der Waals surface area contributed by atoms with Gasteiger partial charge in [0.05, 0.1) is 18.8 Å². The van der Waals surface area contributed by atoms with Gasteiger partial charge in [0, 0.05) is 54.9 Å². The van der Waals surface area contributed by atoms with Crippen LogP contribution in [-0.4, -0.2) is 78.2 Å². The number of H-pyrrole nitrogens is 1. The number of fused-ring (bicyclic) bond motifs is 1. The van der Waals surface area contributed by atoms with E-state index in [1.54, 1.807) is 12.1 Å². The van der Waals surface area contributed by atoms with Gasteiger partial charge >= 0.3 is 0 Å². The Morgan fingerprint density at radius 2 is 1.92 bits per heavy atom. The van der Waals surface area contributed by atoms with Crippen molar-refractivity contribution in [1.29, 1.82) is 0 Å². The third kappa shape index (κ3) is 6.47. The van der Waals surface area contributed by atoms with Gasteiger partial charge in [-0.1, -0.05) is 12.8 Å². The highest BCUT2D eigenvalue weighted by Gasteiger charge is 2.24. The Kier molecular flexibility index (Phi) is 8.24. The largest absolute Gasteiger partial charge is 0.379 e. The van der Waals surface area contributed by atoms with Crippen LogP contribution in [0.15, 0.2) is 30.3 Å². The second kappa shape index (κ2) is 12.0. The van der Waals surface area contributed by atoms with Crippen molar-refractivity contribution in [3.63, 3.8) is 0 Å². The van der Waals surface area contributed by atoms with Crippen molar-refractivity contribution >= 4 is 40.0 Å². The molecule has 39 heavy (non-hydrogen) atoms. The zero-order valence-corrected chi connectivity index (χ0v) is 21.8. The second-order valence-corrected chi connectivity index (χ2v) is 10.1. The lowest BCUT2D eigenvalue weighted by Gasteiger charge is -2.30. The molecule has 1 saturated heterocycles. The van der Waals surface area contributed by atoms with Gasteiger partial charge in [-0.3, -0.25) is 14.5 Å². The number of ether oxygens (including phenoxy) is 1. The number of carbonyl (C=O) groups is 2. The summed E-state index contributed by atoms with van der Waals surface area (Å²) in [6.07, 6.45) is 3.72. The van der Waals surface area contributed by atoms with Gasteiger partial charge in [0.25, 0.3) is 11.8 Å². The predicted octanol–water partition coefficient (Wildman–Crippen LogP) is 2.29. The summed E-state index contributed by atoms with van der Waals surface area (Å²) in [5.41, 5.74) is 13.5. The van der Waals surface area contributed by atoms with E-state index in [0.29, 0.717) is 31.1 Å². The van der Waals surface area contributed by atoms with Gasteiger partial charge in [-0.15, -0.1) is 0 Å². The molecule has 2 aromatic heterocycles. The summed E-state index contributed by atoms with van der Waals surface area (Å²) in [5, 5.41) is 9.94. The molecule has 8 N–H and O–H groups in total. The molecule has 2 fully saturated rings. The number of morpholine rings is 1. The number of aromatic amines is 1. The molecule has 3 heterocycles. The van der Waals surface area contributed by atoms with Crippen LogP contribution in [0.5, 0.6) is 0 Å². The maximum atomic E-state index is 14.8. The van der Waals surface area contributed by atoms with E-state index in [0.717, 1.165) is 62.3 Å². The average Bonchev–Trinajstić information content (AvgIpc) is 3.36. The number of rotatable bonds is 9. The number of anilines is 3. The molecular weight excluding hydrogens is 503 g/mol. The second-order valence-electron chi connectivity index (χ2n) is 10.1. The van der Waals surface area contributed by atoms with Crippen molar-refractivity contribution < 1.29 is 18.7 Å². The molecule has 0 spiro atoms. The minimum Gasteiger partial charge on any atom is -0.379 e. The highest BCUT2D eigenvalue weighted by Crippen LogP contribution is 2.28. The van der Waals surface area contributed by atoms with Crippen LogP contribution >= 0.6 is 0 Å². The number of nitrogens with one attached hydrogen (secondary N) is 4. The molecule has 208 valence electrons. The fourth-order valence-corrected chi connectivity index (χ4v) is 5.10. The number of hydrogen-bond donors (Lipinski definition) is 6. The maximum Gasteiger partial charge on any atom is 0.267 e. The Morgan fingerprint density at radius 3 is 2.69 bits per heavy atom. The lowest BCUT2D eigenvalue weighted by molar-refractivity contribution is 0.0383. The number of carbonyl (C=O) groups excluding carboxylic acids is 2. The zero-order chi connectivity index (χ0) is 27.4. The monoisotopic (exact) mass is 538 g/mol. The molecule has 2 atom stereocenters. The summed E-state index contributed by atoms with van der Waals surface area (Å²) in [7, 11) is 0. The van der Waals surface area contributed by atoms with Crippen LogP contribution in [-0.2, 0) is 4.74 Å². The first-order chi connectivity index (χ1) is 18.9. The number of aromatic nitrogens is 2. The van der Waals surface area contributed by atoms with Gasteiger partial charge in [-0.2, -0.15) is 0 Å². The van der Waals surface area contributed by atoms with Crippen LogP contribution in [0, 0.1) is 5.82 Å². The molecule has 1 aromatic carbocycles. The van der Waals surface area contributed by atoms with E-state index >= 15 is 0 Å². The Balaban J connectivity index is 1.30. The van der Waals surface area contributed by atoms with E-state index in [9.17, 15) is 14.0 Å². The third-order valence-electron chi connectivity index (χ3n) is 7.33. The van der Waals surface area contributed by atoms with E-state index in [1.165, 1.54) is 0 Å². The van der Waals surface area contributed by atoms with Gasteiger partial charge in [0.15, 0.2) is 11.6 Å². The highest BCUT2D eigenvalue weighted by atomic mass is 19.1. The molecule has 1 aliphatic carbocycles. The van der Waals surface area contributed by atoms with E-state index in [-0.39, 0.29) is 35.2 Å². The number of benzene rings is 1. The van der Waals surface area contributed by atoms with Crippen molar-refractivity contribution in [3.05, 3.63) is 47.4 Å². The number of pyridine rings is 1. The molecule has 2 aliphatic rings. The van der Waals surface area contributed by atoms with E-state index in [4.69, 9.17) is 16.2 Å². The van der Waals surface area contributed by atoms with Crippen molar-refractivity contribution in [2.24, 2.45) is 11.5 Å². The lowest BCUT2D eigenvalue weighted by atomic mass is 9.91. The molecule has 2 unspecified atom stereocenters. The van der Waals surface area contributed by atoms with E-state index in [2.05, 4.69) is 30.8 Å². The first-order valence-corrected chi connectivity index (χ1v) is 13.4. The fraction of sp³-hybridized carbons (Fsp3) is 0.444. The number of hydrogen-bond acceptors (Lipinski definition) is 8. The van der Waals surface area contributed by atoms with Crippen molar-refractivity contribution in [1.82, 2.24) is 20.2 Å². The number of nitrogens with zero attached hydrogens (tertiary/aromatic N) is 2. The minimum atomic E-state index is -0.802. The van der Waals surface area contributed by atoms with E-state index < -0.39 is 11.7 Å². The molecule has 12 heteroatoms. The number of primary amides is 1. The Hall–Kier alpha value is -3.74. The molecule has 0 bridgehead atoms. The van der Waals surface area contributed by atoms with Gasteiger partial charge < -0.3 is 37.1 Å². The maximum absolute atomic E-state index is 14.8. The predicted molar refractivity (Wildman–Crippen MR) is 148 cm³/mol. The third-order valence-corrected chi connectivity index (χ3v) is 7.33. The zero-order valence-electron chi connectivity index (χ0n) is 21.8. The summed E-state index contributed by atoms with van der Waals surface area (Å²) in [4.78, 5) is 34.5. The van der Waals surface area contributed by atoms with Crippen molar-refractivity contribution in [3.8, 4) is 0 Å². The van der Waals surface area contributed by atoms with Gasteiger partial charge in [0.2, 0.25) is 0 Å². The number of amides is 2. The lowest BCUT2D eigenvalue weighted by Crippen LogP contribution is -2.43. The summed E-state index contributed by atoms with van der Waals surface area (Å²) >= 11 is 0. The molecule has 0 radical (unpaired) electrons. The number of nitrogens with two attached hydrogens (primary N) is 2. The van der Waals surface area contributed by atoms with Gasteiger partial charge in [-0.05, 0) is 43.2 Å². The molecule has 11 nitrogen and oxygen atoms in total. The van der Waals surface area contributed by atoms with Crippen molar-refractivity contribution in [2.75, 3.05) is 50.0 Å². The first-order valence-electron chi connectivity index (χ1n) is 13.4. The van der Waals surface area contributed by atoms with Gasteiger partial charge in [-0.25, -0.2) is 9.37 Å². The average molecular weight is 539 g/mol. The smallest absolute Gasteiger partial charge is 0.267 e. The first kappa shape index (κ1) is 26.9. The summed E-state index contributed by atoms with van der Waals surface area (Å²) < 4.78 is 20.2. The summed E-state index contributed by atoms with van der Waals surface area (Å²) in [5.74, 6) is -1.52. The SMILES string of the molecule is NC(=O)c1cc(F)c(NC2CCCCC2N)nc1Nc1ccc2[nH]c(C(=O)NCCN3CCOCC3)cc2c1. The molecule has 2 amide bonds. The van der Waals surface area contributed by atoms with Crippen LogP contribution in [0.4, 0.5) is 21.7 Å². The molecule has 5 rings (SSSR count). The summed E-state index contributed by atoms with van der Waals surface area (Å²) in [6, 6.07) is 8.04. The molecule has 1 aliphatic heterocycles. The van der Waals surface area contributed by atoms with Crippen LogP contribution in [0.1, 0.15) is 46.5 Å². The molecule has 3 aromatic rings. The van der Waals surface area contributed by atoms with Crippen LogP contribution in [0.25, 0.3) is 10.9 Å². The molecular formula is C27H35FN8O3. The van der Waals surface area contributed by atoms with E-state index in [1.807, 2.05) is 12.1 Å². The van der Waals surface area contributed by atoms with Crippen LogP contribution < -0.4 is 27.4 Å². The Labute approximate surface area is 225 Å². The Bertz CT molecular complexity index is 1340. The topological polar surface area (TPSA) is 163 Å². The molecule has 1 saturated carbocycles. The highest BCUT2D eigenvalue weighted by molar-refractivity contribution is 6.00. The normalized spacial score (nSPS) is 20.1. The van der Waals surface area contributed by atoms with Crippen LogP contribution in [0.3, 0.4) is 0 Å². The Morgan fingerprint density at radius 1 is 1.13 bits per heavy atom. The van der Waals surface area contributed by atoms with Crippen LogP contribution in [0.2, 0.25) is 0 Å². The summed E-state index contributed by atoms with van der Waals surface area (Å²) in [6.45, 7) is 4.46. The fourth-order valence-electron chi connectivity index (χ4n) is 5.10. The quantitative estimate of drug-likeness (QED) is 0.242. The standard InChI is InChI=1S/C27H35FN8O3/c28-19-15-18(24(30)37)25(35-26(19)34-22-4-2-1-3-20(22)29)32-17-5-6-21-16(13-17)14-23(33-21)27(38)31-7-8-36-9-11-39-12-10-36/h5-6,13-15,20,22,33H,1-4,7-12,29H2,(H2,30,37)(H,31,38)(H2,32,34,35). The van der Waals surface area contributed by atoms with Gasteiger partial charge in [0.1, 0.15) is 11.5 Å². The number of halogens is 1. The van der Waals surface area contributed by atoms with Crippen molar-refractivity contribution in [2.45, 2.75) is 37.8 Å².